The number of fused-ring (bicyclic) bond motifs is 1. The molecule has 0 radical (unpaired) electrons. The first-order valence-corrected chi connectivity index (χ1v) is 15.6. The fourth-order valence-corrected chi connectivity index (χ4v) is 6.72. The van der Waals surface area contributed by atoms with Gasteiger partial charge in [0, 0.05) is 25.6 Å². The molecule has 3 amide bonds. The van der Waals surface area contributed by atoms with E-state index in [1.165, 1.54) is 23.3 Å². The topological polar surface area (TPSA) is 81.2 Å². The average Bonchev–Trinajstić information content (AvgIpc) is 3.81. The van der Waals surface area contributed by atoms with E-state index >= 15 is 0 Å². The van der Waals surface area contributed by atoms with Gasteiger partial charge in [-0.15, -0.1) is 0 Å². The summed E-state index contributed by atoms with van der Waals surface area (Å²) in [5.41, 5.74) is 3.85. The Morgan fingerprint density at radius 2 is 1.41 bits per heavy atom. The van der Waals surface area contributed by atoms with E-state index in [0.29, 0.717) is 24.2 Å². The molecule has 2 atom stereocenters. The molecule has 44 heavy (non-hydrogen) atoms. The quantitative estimate of drug-likeness (QED) is 0.281. The van der Waals surface area contributed by atoms with Crippen LogP contribution in [0.1, 0.15) is 96.7 Å². The van der Waals surface area contributed by atoms with Crippen LogP contribution in [0.2, 0.25) is 0 Å². The van der Waals surface area contributed by atoms with Crippen LogP contribution in [0, 0.1) is 0 Å². The second-order valence-corrected chi connectivity index (χ2v) is 13.8. The maximum atomic E-state index is 14.1. The van der Waals surface area contributed by atoms with Crippen molar-refractivity contribution in [2.75, 3.05) is 32.1 Å². The third-order valence-electron chi connectivity index (χ3n) is 9.76. The zero-order valence-electron chi connectivity index (χ0n) is 26.8. The molecule has 0 bridgehead atoms. The molecule has 0 saturated heterocycles. The van der Waals surface area contributed by atoms with E-state index in [-0.39, 0.29) is 22.0 Å². The molecule has 0 heterocycles. The second kappa shape index (κ2) is 12.2. The second-order valence-electron chi connectivity index (χ2n) is 13.8. The lowest BCUT2D eigenvalue weighted by molar-refractivity contribution is 0.0691. The smallest absolute Gasteiger partial charge is 0.336 e. The molecular formula is C37H45N3O4. The first kappa shape index (κ1) is 31.5. The highest BCUT2D eigenvalue weighted by molar-refractivity contribution is 6.22. The number of carboxylic acids is 1. The molecule has 1 fully saturated rings. The number of rotatable bonds is 9. The Labute approximate surface area is 261 Å². The Hall–Kier alpha value is -3.97. The predicted octanol–water partition coefficient (Wildman–Crippen LogP) is 7.31. The maximum absolute atomic E-state index is 14.1. The highest BCUT2D eigenvalue weighted by Gasteiger charge is 2.41. The van der Waals surface area contributed by atoms with Gasteiger partial charge in [-0.3, -0.25) is 4.79 Å². The lowest BCUT2D eigenvalue weighted by Gasteiger charge is -2.42. The average molecular weight is 596 g/mol. The fourth-order valence-electron chi connectivity index (χ4n) is 6.72. The summed E-state index contributed by atoms with van der Waals surface area (Å²) in [6, 6.07) is 22.5. The summed E-state index contributed by atoms with van der Waals surface area (Å²) in [5, 5.41) is 9.84. The summed E-state index contributed by atoms with van der Waals surface area (Å²) in [6.45, 7) is 10.1. The molecule has 2 aliphatic carbocycles. The molecule has 2 unspecified atom stereocenters. The zero-order chi connectivity index (χ0) is 31.8. The van der Waals surface area contributed by atoms with Crippen LogP contribution in [0.3, 0.4) is 0 Å². The van der Waals surface area contributed by atoms with Crippen molar-refractivity contribution in [3.63, 3.8) is 0 Å². The van der Waals surface area contributed by atoms with Crippen molar-refractivity contribution in [2.24, 2.45) is 0 Å². The van der Waals surface area contributed by atoms with Crippen molar-refractivity contribution < 1.29 is 19.5 Å². The first-order chi connectivity index (χ1) is 20.8. The van der Waals surface area contributed by atoms with Crippen molar-refractivity contribution in [1.82, 2.24) is 9.80 Å². The highest BCUT2D eigenvalue weighted by atomic mass is 16.4. The van der Waals surface area contributed by atoms with Crippen LogP contribution in [0.4, 0.5) is 10.5 Å². The van der Waals surface area contributed by atoms with Gasteiger partial charge in [0.15, 0.2) is 0 Å². The summed E-state index contributed by atoms with van der Waals surface area (Å²) < 4.78 is 0. The molecule has 5 rings (SSSR count). The van der Waals surface area contributed by atoms with Gasteiger partial charge in [-0.2, -0.15) is 0 Å². The van der Waals surface area contributed by atoms with E-state index in [9.17, 15) is 19.5 Å². The van der Waals surface area contributed by atoms with Crippen LogP contribution in [0.25, 0.3) is 0 Å². The molecule has 0 aliphatic heterocycles. The maximum Gasteiger partial charge on any atom is 0.336 e. The van der Waals surface area contributed by atoms with Crippen molar-refractivity contribution in [3.05, 3.63) is 101 Å². The molecule has 7 heteroatoms. The number of hydrogen-bond acceptors (Lipinski definition) is 4. The number of amides is 3. The molecule has 1 N–H and O–H groups in total. The number of imide groups is 1. The Bertz CT molecular complexity index is 1550. The van der Waals surface area contributed by atoms with Crippen LogP contribution >= 0.6 is 0 Å². The minimum atomic E-state index is -1.21. The van der Waals surface area contributed by atoms with Crippen LogP contribution < -0.4 is 4.90 Å². The first-order valence-electron chi connectivity index (χ1n) is 15.6. The Balaban J connectivity index is 1.38. The van der Waals surface area contributed by atoms with Crippen LogP contribution in [0.15, 0.2) is 72.8 Å². The molecule has 0 spiro atoms. The van der Waals surface area contributed by atoms with Gasteiger partial charge in [0.05, 0.1) is 16.8 Å². The summed E-state index contributed by atoms with van der Waals surface area (Å²) in [7, 11) is 3.84. The number of urea groups is 1. The van der Waals surface area contributed by atoms with Crippen molar-refractivity contribution in [2.45, 2.75) is 76.2 Å². The molecule has 232 valence electrons. The van der Waals surface area contributed by atoms with E-state index in [1.54, 1.807) is 24.1 Å². The number of carboxylic acid groups (broad SMARTS) is 1. The van der Waals surface area contributed by atoms with Crippen LogP contribution in [0.5, 0.6) is 0 Å². The predicted molar refractivity (Wildman–Crippen MR) is 175 cm³/mol. The van der Waals surface area contributed by atoms with Gasteiger partial charge >= 0.3 is 12.0 Å². The number of hydrogen-bond donors (Lipinski definition) is 1. The molecule has 0 aromatic heterocycles. The van der Waals surface area contributed by atoms with Gasteiger partial charge in [0.25, 0.3) is 5.91 Å². The standard InChI is InChI=1S/C37H45N3O4/c1-36(2)19-20-37(3,4)31-23-26(17-18-30(31)36)40(33(41)27-15-10-11-16-28(27)34(42)43)35(44)39(6)22-12-21-38(5)32-24-29(32)25-13-8-7-9-14-25/h7-11,13-18,23,29,32H,12,19-22,24H2,1-6H3,(H,42,43). The lowest BCUT2D eigenvalue weighted by Crippen LogP contribution is -2.46. The summed E-state index contributed by atoms with van der Waals surface area (Å²) in [4.78, 5) is 45.4. The highest BCUT2D eigenvalue weighted by Crippen LogP contribution is 2.47. The van der Waals surface area contributed by atoms with Crippen molar-refractivity contribution >= 4 is 23.6 Å². The largest absolute Gasteiger partial charge is 0.478 e. The van der Waals surface area contributed by atoms with Gasteiger partial charge in [-0.1, -0.05) is 76.2 Å². The van der Waals surface area contributed by atoms with Crippen molar-refractivity contribution in [1.29, 1.82) is 0 Å². The van der Waals surface area contributed by atoms with Crippen LogP contribution in [-0.2, 0) is 10.8 Å². The van der Waals surface area contributed by atoms with Crippen LogP contribution in [-0.4, -0.2) is 66.0 Å². The summed E-state index contributed by atoms with van der Waals surface area (Å²) in [6.07, 6.45) is 3.91. The number of carbonyl (C=O) groups excluding carboxylic acids is 2. The minimum Gasteiger partial charge on any atom is -0.478 e. The van der Waals surface area contributed by atoms with Gasteiger partial charge in [-0.05, 0) is 91.1 Å². The fraction of sp³-hybridized carbons (Fsp3) is 0.432. The number of likely N-dealkylation sites (N-methyl/N-ethyl adjacent to an activating group) is 1. The zero-order valence-corrected chi connectivity index (χ0v) is 26.8. The molecule has 7 nitrogen and oxygen atoms in total. The molecule has 3 aromatic rings. The van der Waals surface area contributed by atoms with E-state index in [4.69, 9.17) is 0 Å². The van der Waals surface area contributed by atoms with Crippen molar-refractivity contribution in [3.8, 4) is 0 Å². The normalized spacial score (nSPS) is 19.6. The summed E-state index contributed by atoms with van der Waals surface area (Å²) in [5.74, 6) is -1.31. The Morgan fingerprint density at radius 1 is 0.795 bits per heavy atom. The lowest BCUT2D eigenvalue weighted by atomic mass is 9.63. The van der Waals surface area contributed by atoms with E-state index in [2.05, 4.69) is 63.9 Å². The van der Waals surface area contributed by atoms with Gasteiger partial charge in [0.1, 0.15) is 0 Å². The SMILES string of the molecule is CN(CCCN(C)C1CC1c1ccccc1)C(=O)N(C(=O)c1ccccc1C(=O)O)c1ccc2c(c1)C(C)(C)CCC2(C)C. The number of anilines is 1. The monoisotopic (exact) mass is 595 g/mol. The number of benzene rings is 3. The Kier molecular flexibility index (Phi) is 8.72. The minimum absolute atomic E-state index is 0.0144. The van der Waals surface area contributed by atoms with E-state index < -0.39 is 17.9 Å². The Morgan fingerprint density at radius 3 is 2.07 bits per heavy atom. The number of nitrogens with zero attached hydrogens (tertiary/aromatic N) is 3. The number of aromatic carboxylic acids is 1. The third kappa shape index (κ3) is 6.29. The third-order valence-corrected chi connectivity index (χ3v) is 9.76. The van der Waals surface area contributed by atoms with E-state index in [0.717, 1.165) is 42.7 Å². The van der Waals surface area contributed by atoms with Gasteiger partial charge in [0.2, 0.25) is 0 Å². The molecule has 1 saturated carbocycles. The van der Waals surface area contributed by atoms with E-state index in [1.807, 2.05) is 24.3 Å². The molecular weight excluding hydrogens is 550 g/mol. The van der Waals surface area contributed by atoms with Gasteiger partial charge < -0.3 is 14.9 Å². The summed E-state index contributed by atoms with van der Waals surface area (Å²) >= 11 is 0. The number of carbonyl (C=O) groups is 3. The molecule has 2 aliphatic rings. The molecule has 3 aromatic carbocycles. The van der Waals surface area contributed by atoms with Gasteiger partial charge in [-0.25, -0.2) is 14.5 Å².